The lowest BCUT2D eigenvalue weighted by Crippen LogP contribution is -2.42. The Bertz CT molecular complexity index is 1150. The maximum absolute atomic E-state index is 12.7. The summed E-state index contributed by atoms with van der Waals surface area (Å²) in [5.74, 6) is -0.888. The highest BCUT2D eigenvalue weighted by atomic mass is 79.9. The monoisotopic (exact) mass is 534 g/mol. The number of esters is 1. The van der Waals surface area contributed by atoms with Crippen molar-refractivity contribution in [2.45, 2.75) is 19.6 Å². The normalized spacial score (nSPS) is 15.6. The first-order valence-corrected chi connectivity index (χ1v) is 11.2. The molecule has 0 N–H and O–H groups in total. The molecule has 0 bridgehead atoms. The topological polar surface area (TPSA) is 96.7 Å². The van der Waals surface area contributed by atoms with E-state index in [1.807, 2.05) is 6.07 Å². The molecule has 0 aliphatic carbocycles. The molecule has 0 spiro atoms. The fourth-order valence-corrected chi connectivity index (χ4v) is 4.84. The largest absolute Gasteiger partial charge is 0.486 e. The van der Waals surface area contributed by atoms with Gasteiger partial charge in [-0.25, -0.2) is 4.79 Å². The summed E-state index contributed by atoms with van der Waals surface area (Å²) >= 11 is 10.5. The van der Waals surface area contributed by atoms with Crippen LogP contribution in [0.15, 0.2) is 45.8 Å². The molecular formula is C22H16BrClN2O5S. The summed E-state index contributed by atoms with van der Waals surface area (Å²) in [6.07, 6.45) is 1.51. The summed E-state index contributed by atoms with van der Waals surface area (Å²) in [6.45, 7) is 1.57. The zero-order valence-corrected chi connectivity index (χ0v) is 20.1. The smallest absolute Gasteiger partial charge is 0.328 e. The number of amides is 2. The van der Waals surface area contributed by atoms with E-state index < -0.39 is 23.2 Å². The molecule has 32 heavy (non-hydrogen) atoms. The average molecular weight is 536 g/mol. The Morgan fingerprint density at radius 3 is 2.72 bits per heavy atom. The van der Waals surface area contributed by atoms with E-state index in [0.29, 0.717) is 21.3 Å². The number of methoxy groups -OCH3 is 1. The molecule has 1 fully saturated rings. The van der Waals surface area contributed by atoms with Gasteiger partial charge in [-0.05, 0) is 64.5 Å². The van der Waals surface area contributed by atoms with Crippen molar-refractivity contribution in [3.63, 3.8) is 0 Å². The molecular weight excluding hydrogens is 520 g/mol. The van der Waals surface area contributed by atoms with Crippen molar-refractivity contribution in [2.24, 2.45) is 0 Å². The van der Waals surface area contributed by atoms with Gasteiger partial charge in [0.1, 0.15) is 12.6 Å². The van der Waals surface area contributed by atoms with Gasteiger partial charge in [-0.2, -0.15) is 5.26 Å². The number of carbonyl (C=O) groups excluding carboxylic acids is 3. The third-order valence-corrected chi connectivity index (χ3v) is 6.33. The minimum atomic E-state index is -1.03. The Morgan fingerprint density at radius 2 is 2.06 bits per heavy atom. The summed E-state index contributed by atoms with van der Waals surface area (Å²) in [5, 5.41) is 8.93. The highest BCUT2D eigenvalue weighted by Gasteiger charge is 2.41. The van der Waals surface area contributed by atoms with Crippen LogP contribution in [0, 0.1) is 11.3 Å². The molecule has 2 aromatic carbocycles. The van der Waals surface area contributed by atoms with Gasteiger partial charge < -0.3 is 9.47 Å². The molecule has 1 aliphatic rings. The van der Waals surface area contributed by atoms with E-state index in [2.05, 4.69) is 26.7 Å². The Kier molecular flexibility index (Phi) is 7.61. The summed E-state index contributed by atoms with van der Waals surface area (Å²) in [6, 6.07) is 11.4. The molecule has 2 amide bonds. The third kappa shape index (κ3) is 4.99. The number of imide groups is 1. The molecule has 0 radical (unpaired) electrons. The van der Waals surface area contributed by atoms with Crippen LogP contribution in [-0.4, -0.2) is 35.2 Å². The summed E-state index contributed by atoms with van der Waals surface area (Å²) in [7, 11) is 1.19. The molecule has 1 saturated heterocycles. The predicted octanol–water partition coefficient (Wildman–Crippen LogP) is 5.15. The fraction of sp³-hybridized carbons (Fsp3) is 0.182. The van der Waals surface area contributed by atoms with E-state index in [4.69, 9.17) is 16.3 Å². The number of carbonyl (C=O) groups is 3. The van der Waals surface area contributed by atoms with Gasteiger partial charge in [0.15, 0.2) is 5.75 Å². The maximum atomic E-state index is 12.7. The Hall–Kier alpha value is -2.80. The standard InChI is InChI=1S/C22H16BrClN2O5S/c1-12(21(28)30-2)26-20(27)18(32-22(26)29)9-13-7-16(23)19(17(24)8-13)31-11-15-6-4-3-5-14(15)10-25/h3-9,12H,11H2,1-2H3/b18-9+/t12-/m0/s1. The molecule has 0 aromatic heterocycles. The lowest BCUT2D eigenvalue weighted by atomic mass is 10.1. The van der Waals surface area contributed by atoms with Crippen LogP contribution in [-0.2, 0) is 20.9 Å². The van der Waals surface area contributed by atoms with Gasteiger partial charge in [-0.1, -0.05) is 29.8 Å². The van der Waals surface area contributed by atoms with Crippen LogP contribution in [0.4, 0.5) is 4.79 Å². The number of ether oxygens (including phenoxy) is 2. The van der Waals surface area contributed by atoms with Gasteiger partial charge in [0.05, 0.1) is 33.1 Å². The minimum Gasteiger partial charge on any atom is -0.486 e. The van der Waals surface area contributed by atoms with Gasteiger partial charge in [0, 0.05) is 5.56 Å². The van der Waals surface area contributed by atoms with E-state index in [9.17, 15) is 19.6 Å². The Labute approximate surface area is 202 Å². The van der Waals surface area contributed by atoms with Crippen LogP contribution in [0.3, 0.4) is 0 Å². The van der Waals surface area contributed by atoms with E-state index in [-0.39, 0.29) is 16.5 Å². The van der Waals surface area contributed by atoms with Crippen molar-refractivity contribution < 1.29 is 23.9 Å². The first-order chi connectivity index (χ1) is 15.3. The van der Waals surface area contributed by atoms with Crippen molar-refractivity contribution in [2.75, 3.05) is 7.11 Å². The van der Waals surface area contributed by atoms with Gasteiger partial charge in [-0.15, -0.1) is 0 Å². The Balaban J connectivity index is 1.81. The van der Waals surface area contributed by atoms with Crippen LogP contribution in [0.25, 0.3) is 6.08 Å². The second kappa shape index (κ2) is 10.2. The van der Waals surface area contributed by atoms with Gasteiger partial charge in [0.25, 0.3) is 11.1 Å². The van der Waals surface area contributed by atoms with Crippen LogP contribution < -0.4 is 4.74 Å². The number of hydrogen-bond acceptors (Lipinski definition) is 7. The highest BCUT2D eigenvalue weighted by molar-refractivity contribution is 9.10. The molecule has 7 nitrogen and oxygen atoms in total. The fourth-order valence-electron chi connectivity index (χ4n) is 2.95. The van der Waals surface area contributed by atoms with Crippen molar-refractivity contribution in [3.05, 3.63) is 67.5 Å². The first kappa shape index (κ1) is 23.9. The van der Waals surface area contributed by atoms with E-state index >= 15 is 0 Å². The summed E-state index contributed by atoms with van der Waals surface area (Å²) in [5.41, 5.74) is 1.78. The summed E-state index contributed by atoms with van der Waals surface area (Å²) < 4.78 is 11.0. The lowest BCUT2D eigenvalue weighted by molar-refractivity contribution is -0.148. The van der Waals surface area contributed by atoms with Crippen molar-refractivity contribution in [3.8, 4) is 11.8 Å². The zero-order chi connectivity index (χ0) is 23.4. The van der Waals surface area contributed by atoms with Crippen molar-refractivity contribution in [1.82, 2.24) is 4.90 Å². The molecule has 0 unspecified atom stereocenters. The third-order valence-electron chi connectivity index (χ3n) is 4.58. The van der Waals surface area contributed by atoms with Gasteiger partial charge >= 0.3 is 5.97 Å². The number of nitriles is 1. The molecule has 1 atom stereocenters. The van der Waals surface area contributed by atoms with Crippen LogP contribution >= 0.6 is 39.3 Å². The molecule has 10 heteroatoms. The van der Waals surface area contributed by atoms with Crippen LogP contribution in [0.5, 0.6) is 5.75 Å². The van der Waals surface area contributed by atoms with Crippen LogP contribution in [0.1, 0.15) is 23.6 Å². The SMILES string of the molecule is COC(=O)[C@H](C)N1C(=O)S/C(=C/c2cc(Cl)c(OCc3ccccc3C#N)c(Br)c2)C1=O. The molecule has 1 heterocycles. The zero-order valence-electron chi connectivity index (χ0n) is 16.9. The second-order valence-corrected chi connectivity index (χ2v) is 8.88. The van der Waals surface area contributed by atoms with E-state index in [1.165, 1.54) is 20.1 Å². The number of nitrogens with zero attached hydrogens (tertiary/aromatic N) is 2. The highest BCUT2D eigenvalue weighted by Crippen LogP contribution is 2.38. The Morgan fingerprint density at radius 1 is 1.34 bits per heavy atom. The minimum absolute atomic E-state index is 0.145. The molecule has 2 aromatic rings. The number of halogens is 2. The van der Waals surface area contributed by atoms with Gasteiger partial charge in [-0.3, -0.25) is 14.5 Å². The average Bonchev–Trinajstić information content (AvgIpc) is 3.04. The second-order valence-electron chi connectivity index (χ2n) is 6.62. The number of thioether (sulfide) groups is 1. The molecule has 3 rings (SSSR count). The van der Waals surface area contributed by atoms with Gasteiger partial charge in [0.2, 0.25) is 0 Å². The predicted molar refractivity (Wildman–Crippen MR) is 124 cm³/mol. The van der Waals surface area contributed by atoms with E-state index in [0.717, 1.165) is 22.2 Å². The van der Waals surface area contributed by atoms with Crippen molar-refractivity contribution >= 4 is 62.5 Å². The van der Waals surface area contributed by atoms with Crippen LogP contribution in [0.2, 0.25) is 5.02 Å². The lowest BCUT2D eigenvalue weighted by Gasteiger charge is -2.18. The van der Waals surface area contributed by atoms with E-state index in [1.54, 1.807) is 30.3 Å². The number of rotatable bonds is 6. The number of hydrogen-bond donors (Lipinski definition) is 0. The van der Waals surface area contributed by atoms with Crippen molar-refractivity contribution in [1.29, 1.82) is 5.26 Å². The first-order valence-electron chi connectivity index (χ1n) is 9.21. The maximum Gasteiger partial charge on any atom is 0.328 e. The quantitative estimate of drug-likeness (QED) is 0.373. The number of benzene rings is 2. The molecule has 0 saturated carbocycles. The molecule has 1 aliphatic heterocycles. The molecule has 164 valence electrons. The summed E-state index contributed by atoms with van der Waals surface area (Å²) in [4.78, 5) is 37.7.